The van der Waals surface area contributed by atoms with Gasteiger partial charge in [-0.15, -0.1) is 5.10 Å². The standard InChI is InChI=1S/C19H22N8O4/c1-25-15(13(11-21-25)19(30)26-6-3-7-26)17(28)22-12-4-8-27-14(10-12)23-16(24-27)18(29)20-5-9-31-2/h4,8,10-11H,3,5-7,9H2,1-2H3,(H,20,29)(H,22,28). The first-order chi connectivity index (χ1) is 15.0. The molecule has 3 amide bonds. The van der Waals surface area contributed by atoms with Crippen molar-refractivity contribution in [2.45, 2.75) is 6.42 Å². The van der Waals surface area contributed by atoms with E-state index in [1.54, 1.807) is 37.4 Å². The molecule has 1 aliphatic heterocycles. The highest BCUT2D eigenvalue weighted by atomic mass is 16.5. The van der Waals surface area contributed by atoms with Gasteiger partial charge in [-0.1, -0.05) is 0 Å². The number of nitrogens with one attached hydrogen (secondary N) is 2. The minimum Gasteiger partial charge on any atom is -0.383 e. The number of ether oxygens (including phenoxy) is 1. The van der Waals surface area contributed by atoms with Crippen LogP contribution in [0.15, 0.2) is 24.5 Å². The molecule has 0 atom stereocenters. The highest BCUT2D eigenvalue weighted by Gasteiger charge is 2.28. The van der Waals surface area contributed by atoms with Crippen molar-refractivity contribution in [2.75, 3.05) is 38.7 Å². The summed E-state index contributed by atoms with van der Waals surface area (Å²) >= 11 is 0. The number of likely N-dealkylation sites (tertiary alicyclic amines) is 1. The number of aryl methyl sites for hydroxylation is 1. The molecule has 1 aliphatic rings. The van der Waals surface area contributed by atoms with Crippen molar-refractivity contribution in [1.29, 1.82) is 0 Å². The Morgan fingerprint density at radius 1 is 1.23 bits per heavy atom. The van der Waals surface area contributed by atoms with Crippen LogP contribution in [0.2, 0.25) is 0 Å². The Morgan fingerprint density at radius 3 is 2.74 bits per heavy atom. The lowest BCUT2D eigenvalue weighted by molar-refractivity contribution is 0.0648. The highest BCUT2D eigenvalue weighted by molar-refractivity contribution is 6.11. The maximum absolute atomic E-state index is 12.9. The van der Waals surface area contributed by atoms with Gasteiger partial charge in [0.05, 0.1) is 18.4 Å². The lowest BCUT2D eigenvalue weighted by Crippen LogP contribution is -2.42. The topological polar surface area (TPSA) is 136 Å². The van der Waals surface area contributed by atoms with Gasteiger partial charge in [-0.25, -0.2) is 9.50 Å². The van der Waals surface area contributed by atoms with Gasteiger partial charge < -0.3 is 20.3 Å². The van der Waals surface area contributed by atoms with E-state index in [1.165, 1.54) is 15.4 Å². The highest BCUT2D eigenvalue weighted by Crippen LogP contribution is 2.18. The molecule has 3 aromatic heterocycles. The number of carbonyl (C=O) groups is 3. The monoisotopic (exact) mass is 426 g/mol. The van der Waals surface area contributed by atoms with Crippen LogP contribution >= 0.6 is 0 Å². The van der Waals surface area contributed by atoms with Gasteiger partial charge in [-0.05, 0) is 12.5 Å². The van der Waals surface area contributed by atoms with E-state index in [0.29, 0.717) is 37.6 Å². The van der Waals surface area contributed by atoms with Crippen molar-refractivity contribution in [3.05, 3.63) is 41.6 Å². The molecule has 4 rings (SSSR count). The first-order valence-electron chi connectivity index (χ1n) is 9.74. The van der Waals surface area contributed by atoms with Gasteiger partial charge >= 0.3 is 0 Å². The van der Waals surface area contributed by atoms with Crippen LogP contribution in [-0.4, -0.2) is 80.4 Å². The second-order valence-electron chi connectivity index (χ2n) is 7.03. The van der Waals surface area contributed by atoms with Gasteiger partial charge in [0, 0.05) is 51.7 Å². The Bertz CT molecular complexity index is 1150. The van der Waals surface area contributed by atoms with Crippen molar-refractivity contribution in [2.24, 2.45) is 7.05 Å². The van der Waals surface area contributed by atoms with E-state index >= 15 is 0 Å². The molecule has 1 fully saturated rings. The van der Waals surface area contributed by atoms with E-state index in [1.807, 2.05) is 0 Å². The third-order valence-corrected chi connectivity index (χ3v) is 4.92. The maximum atomic E-state index is 12.9. The molecule has 3 aromatic rings. The fourth-order valence-electron chi connectivity index (χ4n) is 3.14. The quantitative estimate of drug-likeness (QED) is 0.505. The van der Waals surface area contributed by atoms with Crippen LogP contribution < -0.4 is 10.6 Å². The van der Waals surface area contributed by atoms with Gasteiger partial charge in [0.1, 0.15) is 5.69 Å². The largest absolute Gasteiger partial charge is 0.383 e. The summed E-state index contributed by atoms with van der Waals surface area (Å²) in [5.41, 5.74) is 1.27. The van der Waals surface area contributed by atoms with Gasteiger partial charge in [-0.3, -0.25) is 19.1 Å². The number of amides is 3. The third-order valence-electron chi connectivity index (χ3n) is 4.92. The zero-order chi connectivity index (χ0) is 22.0. The molecule has 0 spiro atoms. The Labute approximate surface area is 177 Å². The van der Waals surface area contributed by atoms with E-state index in [-0.39, 0.29) is 23.0 Å². The Kier molecular flexibility index (Phi) is 5.62. The Hall–Kier alpha value is -3.80. The molecule has 4 heterocycles. The number of anilines is 1. The summed E-state index contributed by atoms with van der Waals surface area (Å²) in [6, 6.07) is 3.21. The van der Waals surface area contributed by atoms with Gasteiger partial charge in [-0.2, -0.15) is 5.10 Å². The molecule has 2 N–H and O–H groups in total. The average Bonchev–Trinajstić information content (AvgIpc) is 3.30. The second-order valence-corrected chi connectivity index (χ2v) is 7.03. The number of pyridine rings is 1. The molecule has 0 saturated carbocycles. The van der Waals surface area contributed by atoms with Crippen LogP contribution in [0.25, 0.3) is 5.65 Å². The minimum atomic E-state index is -0.467. The SMILES string of the molecule is COCCNC(=O)c1nc2cc(NC(=O)c3c(C(=O)N4CCC4)cnn3C)ccn2n1. The molecule has 0 bridgehead atoms. The van der Waals surface area contributed by atoms with Crippen molar-refractivity contribution < 1.29 is 19.1 Å². The summed E-state index contributed by atoms with van der Waals surface area (Å²) in [6.07, 6.45) is 3.95. The smallest absolute Gasteiger partial charge is 0.291 e. The molecule has 12 heteroatoms. The summed E-state index contributed by atoms with van der Waals surface area (Å²) < 4.78 is 7.70. The lowest BCUT2D eigenvalue weighted by atomic mass is 10.1. The summed E-state index contributed by atoms with van der Waals surface area (Å²) in [5, 5.41) is 13.6. The van der Waals surface area contributed by atoms with E-state index in [9.17, 15) is 14.4 Å². The van der Waals surface area contributed by atoms with Crippen molar-refractivity contribution in [1.82, 2.24) is 34.6 Å². The van der Waals surface area contributed by atoms with Crippen LogP contribution in [-0.2, 0) is 11.8 Å². The lowest BCUT2D eigenvalue weighted by Gasteiger charge is -2.30. The zero-order valence-corrected chi connectivity index (χ0v) is 17.2. The molecule has 1 saturated heterocycles. The fourth-order valence-corrected chi connectivity index (χ4v) is 3.14. The molecular formula is C19H22N8O4. The number of aromatic nitrogens is 5. The number of rotatable bonds is 7. The van der Waals surface area contributed by atoms with Crippen LogP contribution in [0, 0.1) is 0 Å². The number of carbonyl (C=O) groups excluding carboxylic acids is 3. The molecule has 0 radical (unpaired) electrons. The Balaban J connectivity index is 1.51. The first kappa shape index (κ1) is 20.5. The maximum Gasteiger partial charge on any atom is 0.291 e. The van der Waals surface area contributed by atoms with Gasteiger partial charge in [0.15, 0.2) is 5.65 Å². The Morgan fingerprint density at radius 2 is 2.03 bits per heavy atom. The summed E-state index contributed by atoms with van der Waals surface area (Å²) in [4.78, 5) is 43.4. The van der Waals surface area contributed by atoms with Crippen molar-refractivity contribution in [3.63, 3.8) is 0 Å². The normalized spacial score (nSPS) is 13.2. The molecule has 31 heavy (non-hydrogen) atoms. The van der Waals surface area contributed by atoms with Gasteiger partial charge in [0.2, 0.25) is 5.82 Å². The van der Waals surface area contributed by atoms with E-state index < -0.39 is 11.8 Å². The molecule has 0 aromatic carbocycles. The molecule has 162 valence electrons. The van der Waals surface area contributed by atoms with E-state index in [4.69, 9.17) is 4.74 Å². The predicted molar refractivity (Wildman–Crippen MR) is 109 cm³/mol. The second kappa shape index (κ2) is 8.52. The summed E-state index contributed by atoms with van der Waals surface area (Å²) in [6.45, 7) is 2.08. The van der Waals surface area contributed by atoms with Crippen LogP contribution in [0.4, 0.5) is 5.69 Å². The molecule has 0 unspecified atom stereocenters. The average molecular weight is 426 g/mol. The number of hydrogen-bond acceptors (Lipinski definition) is 7. The van der Waals surface area contributed by atoms with Gasteiger partial charge in [0.25, 0.3) is 17.7 Å². The molecule has 12 nitrogen and oxygen atoms in total. The number of nitrogens with zero attached hydrogens (tertiary/aromatic N) is 6. The van der Waals surface area contributed by atoms with Crippen molar-refractivity contribution >= 4 is 29.1 Å². The van der Waals surface area contributed by atoms with Crippen LogP contribution in [0.3, 0.4) is 0 Å². The minimum absolute atomic E-state index is 0.00800. The van der Waals surface area contributed by atoms with E-state index in [0.717, 1.165) is 6.42 Å². The third kappa shape index (κ3) is 4.10. The molecular weight excluding hydrogens is 404 g/mol. The zero-order valence-electron chi connectivity index (χ0n) is 17.2. The summed E-state index contributed by atoms with van der Waals surface area (Å²) in [5.74, 6) is -1.09. The number of methoxy groups -OCH3 is 1. The van der Waals surface area contributed by atoms with Crippen molar-refractivity contribution in [3.8, 4) is 0 Å². The van der Waals surface area contributed by atoms with Crippen LogP contribution in [0.1, 0.15) is 37.9 Å². The molecule has 0 aliphatic carbocycles. The first-order valence-corrected chi connectivity index (χ1v) is 9.74. The predicted octanol–water partition coefficient (Wildman–Crippen LogP) is -0.0628. The number of hydrogen-bond donors (Lipinski definition) is 2. The summed E-state index contributed by atoms with van der Waals surface area (Å²) in [7, 11) is 3.15. The van der Waals surface area contributed by atoms with E-state index in [2.05, 4.69) is 25.8 Å². The fraction of sp³-hybridized carbons (Fsp3) is 0.368. The van der Waals surface area contributed by atoms with Crippen LogP contribution in [0.5, 0.6) is 0 Å². The number of fused-ring (bicyclic) bond motifs is 1.